The number of benzene rings is 2. The summed E-state index contributed by atoms with van der Waals surface area (Å²) < 4.78 is 56.7. The molecule has 8 nitrogen and oxygen atoms in total. The number of carboxylic acids is 1. The van der Waals surface area contributed by atoms with E-state index in [1.54, 1.807) is 12.1 Å². The molecule has 1 atom stereocenters. The molecule has 1 aliphatic rings. The van der Waals surface area contributed by atoms with Crippen LogP contribution in [0.5, 0.6) is 17.2 Å². The Morgan fingerprint density at radius 3 is 2.24 bits per heavy atom. The van der Waals surface area contributed by atoms with Crippen LogP contribution in [0, 0.1) is 5.82 Å². The van der Waals surface area contributed by atoms with E-state index in [1.807, 2.05) is 0 Å². The van der Waals surface area contributed by atoms with E-state index in [1.165, 1.54) is 21.3 Å². The van der Waals surface area contributed by atoms with E-state index in [0.29, 0.717) is 22.8 Å². The summed E-state index contributed by atoms with van der Waals surface area (Å²) in [6.45, 7) is -0.159. The van der Waals surface area contributed by atoms with Gasteiger partial charge in [0, 0.05) is 6.54 Å². The van der Waals surface area contributed by atoms with E-state index in [4.69, 9.17) is 14.2 Å². The van der Waals surface area contributed by atoms with Gasteiger partial charge in [-0.3, -0.25) is 4.79 Å². The number of carbonyl (C=O) groups is 1. The minimum Gasteiger partial charge on any atom is -0.493 e. The molecule has 29 heavy (non-hydrogen) atoms. The lowest BCUT2D eigenvalue weighted by molar-refractivity contribution is -0.138. The number of hydrogen-bond acceptors (Lipinski definition) is 6. The van der Waals surface area contributed by atoms with Crippen LogP contribution in [0.1, 0.15) is 23.6 Å². The van der Waals surface area contributed by atoms with Crippen LogP contribution in [0.4, 0.5) is 4.39 Å². The van der Waals surface area contributed by atoms with E-state index in [9.17, 15) is 22.7 Å². The number of ether oxygens (including phenoxy) is 3. The first-order chi connectivity index (χ1) is 13.7. The van der Waals surface area contributed by atoms with Gasteiger partial charge in [-0.05, 0) is 41.5 Å². The van der Waals surface area contributed by atoms with E-state index in [2.05, 4.69) is 0 Å². The van der Waals surface area contributed by atoms with Crippen molar-refractivity contribution in [3.8, 4) is 17.2 Å². The van der Waals surface area contributed by atoms with Crippen molar-refractivity contribution in [3.63, 3.8) is 0 Å². The molecular formula is C19H20FNO7S. The van der Waals surface area contributed by atoms with Crippen LogP contribution < -0.4 is 14.2 Å². The first-order valence-electron chi connectivity index (χ1n) is 8.55. The van der Waals surface area contributed by atoms with Crippen LogP contribution in [0.3, 0.4) is 0 Å². The van der Waals surface area contributed by atoms with Gasteiger partial charge in [-0.15, -0.1) is 0 Å². The van der Waals surface area contributed by atoms with Gasteiger partial charge >= 0.3 is 5.97 Å². The zero-order valence-electron chi connectivity index (χ0n) is 16.0. The highest BCUT2D eigenvalue weighted by Crippen LogP contribution is 2.44. The number of carboxylic acid groups (broad SMARTS) is 1. The Bertz CT molecular complexity index is 1030. The first kappa shape index (κ1) is 20.9. The van der Waals surface area contributed by atoms with Crippen LogP contribution >= 0.6 is 0 Å². The number of fused-ring (bicyclic) bond motifs is 1. The van der Waals surface area contributed by atoms with Gasteiger partial charge in [0.1, 0.15) is 5.82 Å². The maximum Gasteiger partial charge on any atom is 0.305 e. The summed E-state index contributed by atoms with van der Waals surface area (Å²) in [7, 11) is 0.283. The van der Waals surface area contributed by atoms with Crippen molar-refractivity contribution in [2.45, 2.75) is 23.9 Å². The Hall–Kier alpha value is -2.85. The Morgan fingerprint density at radius 1 is 1.10 bits per heavy atom. The van der Waals surface area contributed by atoms with Gasteiger partial charge in [-0.1, -0.05) is 0 Å². The molecular weight excluding hydrogens is 405 g/mol. The highest BCUT2D eigenvalue weighted by Gasteiger charge is 2.43. The van der Waals surface area contributed by atoms with Gasteiger partial charge in [0.25, 0.3) is 0 Å². The summed E-state index contributed by atoms with van der Waals surface area (Å²) in [5.74, 6) is -0.828. The quantitative estimate of drug-likeness (QED) is 0.727. The third kappa shape index (κ3) is 3.73. The topological polar surface area (TPSA) is 102 Å². The van der Waals surface area contributed by atoms with Crippen LogP contribution in [0.15, 0.2) is 35.2 Å². The fourth-order valence-electron chi connectivity index (χ4n) is 3.44. The Kier molecular flexibility index (Phi) is 5.67. The van der Waals surface area contributed by atoms with Gasteiger partial charge < -0.3 is 19.3 Å². The molecule has 0 amide bonds. The van der Waals surface area contributed by atoms with E-state index < -0.39 is 34.3 Å². The minimum absolute atomic E-state index is 0.0995. The molecule has 0 saturated carbocycles. The number of hydrogen-bond donors (Lipinski definition) is 1. The van der Waals surface area contributed by atoms with Crippen molar-refractivity contribution in [3.05, 3.63) is 47.3 Å². The largest absolute Gasteiger partial charge is 0.493 e. The van der Waals surface area contributed by atoms with Crippen LogP contribution in [-0.4, -0.2) is 45.1 Å². The molecule has 10 heteroatoms. The lowest BCUT2D eigenvalue weighted by Gasteiger charge is -2.23. The van der Waals surface area contributed by atoms with Gasteiger partial charge in [-0.25, -0.2) is 12.8 Å². The first-order valence-corrected chi connectivity index (χ1v) is 9.99. The average Bonchev–Trinajstić information content (AvgIpc) is 2.87. The summed E-state index contributed by atoms with van der Waals surface area (Å²) in [5.41, 5.74) is 0.617. The maximum atomic E-state index is 13.8. The normalized spacial score (nSPS) is 17.6. The summed E-state index contributed by atoms with van der Waals surface area (Å²) >= 11 is 0. The number of halogens is 1. The summed E-state index contributed by atoms with van der Waals surface area (Å²) in [4.78, 5) is 11.3. The predicted octanol–water partition coefficient (Wildman–Crippen LogP) is 2.57. The molecule has 1 aliphatic heterocycles. The second-order valence-electron chi connectivity index (χ2n) is 6.38. The van der Waals surface area contributed by atoms with Crippen molar-refractivity contribution in [2.75, 3.05) is 21.3 Å². The highest BCUT2D eigenvalue weighted by molar-refractivity contribution is 7.89. The predicted molar refractivity (Wildman–Crippen MR) is 100 cm³/mol. The van der Waals surface area contributed by atoms with Crippen LogP contribution in [0.25, 0.3) is 0 Å². The number of aliphatic carboxylic acids is 1. The number of nitrogens with zero attached hydrogens (tertiary/aromatic N) is 1. The Balaban J connectivity index is 2.09. The van der Waals surface area contributed by atoms with Gasteiger partial charge in [0.15, 0.2) is 11.5 Å². The second-order valence-corrected chi connectivity index (χ2v) is 8.24. The minimum atomic E-state index is -4.02. The zero-order valence-corrected chi connectivity index (χ0v) is 16.8. The fraction of sp³-hybridized carbons (Fsp3) is 0.316. The summed E-state index contributed by atoms with van der Waals surface area (Å²) in [5, 5.41) is 9.28. The lowest BCUT2D eigenvalue weighted by atomic mass is 10.0. The molecule has 156 valence electrons. The average molecular weight is 425 g/mol. The van der Waals surface area contributed by atoms with Crippen LogP contribution in [-0.2, 0) is 21.4 Å². The Morgan fingerprint density at radius 2 is 1.72 bits per heavy atom. The maximum absolute atomic E-state index is 13.8. The molecule has 2 aromatic carbocycles. The molecule has 0 radical (unpaired) electrons. The molecule has 0 aromatic heterocycles. The molecule has 0 bridgehead atoms. The summed E-state index contributed by atoms with van der Waals surface area (Å²) in [6.07, 6.45) is -0.500. The Labute approximate surface area is 167 Å². The lowest BCUT2D eigenvalue weighted by Crippen LogP contribution is -2.29. The highest BCUT2D eigenvalue weighted by atomic mass is 32.2. The fourth-order valence-corrected chi connectivity index (χ4v) is 5.27. The molecule has 0 aliphatic carbocycles. The standard InChI is InChI=1S/C19H20FNO7S/c1-26-15-6-11(7-16(27-2)19(15)28-3)10-21-14(9-18(22)23)13-8-12(20)4-5-17(13)29(21,24)25/h4-8,14H,9-10H2,1-3H3,(H,22,23)/t14-/m0/s1. The van der Waals surface area contributed by atoms with E-state index in [-0.39, 0.29) is 17.0 Å². The third-order valence-corrected chi connectivity index (χ3v) is 6.62. The third-order valence-electron chi connectivity index (χ3n) is 4.70. The molecule has 0 saturated heterocycles. The molecule has 2 aromatic rings. The second kappa shape index (κ2) is 7.88. The zero-order chi connectivity index (χ0) is 21.3. The molecule has 1 N–H and O–H groups in total. The molecule has 0 unspecified atom stereocenters. The van der Waals surface area contributed by atoms with Crippen molar-refractivity contribution >= 4 is 16.0 Å². The van der Waals surface area contributed by atoms with Crippen molar-refractivity contribution < 1.29 is 36.9 Å². The van der Waals surface area contributed by atoms with Gasteiger partial charge in [0.2, 0.25) is 15.8 Å². The number of sulfonamides is 1. The smallest absolute Gasteiger partial charge is 0.305 e. The molecule has 1 heterocycles. The number of methoxy groups -OCH3 is 3. The van der Waals surface area contributed by atoms with Crippen molar-refractivity contribution in [1.82, 2.24) is 4.31 Å². The number of rotatable bonds is 7. The van der Waals surface area contributed by atoms with Crippen molar-refractivity contribution in [1.29, 1.82) is 0 Å². The summed E-state index contributed by atoms with van der Waals surface area (Å²) in [6, 6.07) is 5.38. The monoisotopic (exact) mass is 425 g/mol. The van der Waals surface area contributed by atoms with E-state index in [0.717, 1.165) is 22.5 Å². The van der Waals surface area contributed by atoms with Crippen LogP contribution in [0.2, 0.25) is 0 Å². The van der Waals surface area contributed by atoms with E-state index >= 15 is 0 Å². The molecule has 0 spiro atoms. The van der Waals surface area contributed by atoms with Gasteiger partial charge in [0.05, 0.1) is 38.7 Å². The van der Waals surface area contributed by atoms with Gasteiger partial charge in [-0.2, -0.15) is 4.31 Å². The SMILES string of the molecule is COc1cc(CN2[C@@H](CC(=O)O)c3cc(F)ccc3S2(=O)=O)cc(OC)c1OC. The molecule has 3 rings (SSSR count). The molecule has 0 fully saturated rings. The van der Waals surface area contributed by atoms with Crippen molar-refractivity contribution in [2.24, 2.45) is 0 Å².